The SMILES string of the molecule is COCCC[SiH](CCCOC)CCCOC. The molecule has 0 rings (SSSR count). The Morgan fingerprint density at radius 1 is 0.625 bits per heavy atom. The molecule has 0 amide bonds. The molecular formula is C12H28O3Si. The smallest absolute Gasteiger partial charge is 0.0459 e. The van der Waals surface area contributed by atoms with E-state index in [4.69, 9.17) is 14.2 Å². The van der Waals surface area contributed by atoms with Gasteiger partial charge in [0.05, 0.1) is 0 Å². The van der Waals surface area contributed by atoms with E-state index in [-0.39, 0.29) is 0 Å². The Kier molecular flexibility index (Phi) is 13.2. The zero-order chi connectivity index (χ0) is 12.1. The minimum Gasteiger partial charge on any atom is -0.385 e. The fourth-order valence-electron chi connectivity index (χ4n) is 1.98. The summed E-state index contributed by atoms with van der Waals surface area (Å²) in [4.78, 5) is 0. The standard InChI is InChI=1S/C12H28O3Si/c1-13-7-4-10-16(11-5-8-14-2)12-6-9-15-3/h16H,4-12H2,1-3H3. The van der Waals surface area contributed by atoms with Crippen LogP contribution in [-0.4, -0.2) is 49.9 Å². The lowest BCUT2D eigenvalue weighted by atomic mass is 10.5. The molecule has 3 nitrogen and oxygen atoms in total. The van der Waals surface area contributed by atoms with Crippen molar-refractivity contribution in [2.75, 3.05) is 41.2 Å². The normalized spacial score (nSPS) is 11.2. The summed E-state index contributed by atoms with van der Waals surface area (Å²) < 4.78 is 15.3. The van der Waals surface area contributed by atoms with Crippen LogP contribution in [-0.2, 0) is 14.2 Å². The zero-order valence-electron chi connectivity index (χ0n) is 11.2. The van der Waals surface area contributed by atoms with Gasteiger partial charge < -0.3 is 14.2 Å². The van der Waals surface area contributed by atoms with Crippen molar-refractivity contribution >= 4 is 8.80 Å². The second-order valence-corrected chi connectivity index (χ2v) is 7.74. The maximum Gasteiger partial charge on any atom is 0.0459 e. The largest absolute Gasteiger partial charge is 0.385 e. The van der Waals surface area contributed by atoms with Crippen LogP contribution in [0, 0.1) is 0 Å². The highest BCUT2D eigenvalue weighted by molar-refractivity contribution is 6.58. The lowest BCUT2D eigenvalue weighted by molar-refractivity contribution is 0.195. The van der Waals surface area contributed by atoms with Crippen molar-refractivity contribution in [1.29, 1.82) is 0 Å². The van der Waals surface area contributed by atoms with Crippen molar-refractivity contribution < 1.29 is 14.2 Å². The molecule has 0 fully saturated rings. The summed E-state index contributed by atoms with van der Waals surface area (Å²) in [7, 11) is 4.78. The minimum absolute atomic E-state index is 0.569. The van der Waals surface area contributed by atoms with Crippen LogP contribution >= 0.6 is 0 Å². The summed E-state index contributed by atoms with van der Waals surface area (Å²) in [6, 6.07) is 4.21. The molecule has 0 unspecified atom stereocenters. The van der Waals surface area contributed by atoms with E-state index in [2.05, 4.69) is 0 Å². The lowest BCUT2D eigenvalue weighted by Gasteiger charge is -2.14. The van der Waals surface area contributed by atoms with Crippen molar-refractivity contribution in [2.24, 2.45) is 0 Å². The Balaban J connectivity index is 3.58. The van der Waals surface area contributed by atoms with Gasteiger partial charge >= 0.3 is 0 Å². The summed E-state index contributed by atoms with van der Waals surface area (Å²) >= 11 is 0. The predicted octanol–water partition coefficient (Wildman–Crippen LogP) is 2.32. The van der Waals surface area contributed by atoms with Gasteiger partial charge in [0.1, 0.15) is 0 Å². The van der Waals surface area contributed by atoms with E-state index in [0.717, 1.165) is 19.8 Å². The summed E-state index contributed by atoms with van der Waals surface area (Å²) in [6.45, 7) is 2.74. The molecule has 16 heavy (non-hydrogen) atoms. The molecule has 0 bridgehead atoms. The third-order valence-corrected chi connectivity index (χ3v) is 6.56. The average molecular weight is 248 g/mol. The quantitative estimate of drug-likeness (QED) is 0.392. The predicted molar refractivity (Wildman–Crippen MR) is 71.0 cm³/mol. The van der Waals surface area contributed by atoms with Crippen LogP contribution in [0.3, 0.4) is 0 Å². The fraction of sp³-hybridized carbons (Fsp3) is 1.00. The van der Waals surface area contributed by atoms with E-state index in [1.54, 1.807) is 21.3 Å². The first-order valence-corrected chi connectivity index (χ1v) is 8.77. The first-order valence-electron chi connectivity index (χ1n) is 6.32. The number of hydrogen-bond acceptors (Lipinski definition) is 3. The van der Waals surface area contributed by atoms with Crippen LogP contribution in [0.1, 0.15) is 19.3 Å². The monoisotopic (exact) mass is 248 g/mol. The summed E-state index contributed by atoms with van der Waals surface area (Å²) in [5, 5.41) is 0. The van der Waals surface area contributed by atoms with Gasteiger partial charge in [-0.1, -0.05) is 18.1 Å². The Hall–Kier alpha value is 0.0969. The first-order chi connectivity index (χ1) is 7.85. The third kappa shape index (κ3) is 10.6. The molecule has 0 saturated carbocycles. The van der Waals surface area contributed by atoms with E-state index in [1.165, 1.54) is 37.4 Å². The van der Waals surface area contributed by atoms with Crippen molar-refractivity contribution in [3.63, 3.8) is 0 Å². The molecule has 0 heterocycles. The third-order valence-electron chi connectivity index (χ3n) is 2.88. The van der Waals surface area contributed by atoms with E-state index in [9.17, 15) is 0 Å². The average Bonchev–Trinajstić information content (AvgIpc) is 2.29. The highest BCUT2D eigenvalue weighted by Gasteiger charge is 2.09. The van der Waals surface area contributed by atoms with Gasteiger partial charge in [-0.2, -0.15) is 0 Å². The van der Waals surface area contributed by atoms with E-state index in [0.29, 0.717) is 0 Å². The molecule has 4 heteroatoms. The number of rotatable bonds is 12. The Morgan fingerprint density at radius 2 is 0.938 bits per heavy atom. The van der Waals surface area contributed by atoms with E-state index >= 15 is 0 Å². The maximum absolute atomic E-state index is 5.12. The molecule has 0 atom stereocenters. The molecular weight excluding hydrogens is 220 g/mol. The van der Waals surface area contributed by atoms with Gasteiger partial charge in [0.25, 0.3) is 0 Å². The molecule has 0 spiro atoms. The topological polar surface area (TPSA) is 27.7 Å². The van der Waals surface area contributed by atoms with Gasteiger partial charge in [-0.3, -0.25) is 0 Å². The molecule has 0 aromatic heterocycles. The molecule has 98 valence electrons. The summed E-state index contributed by atoms with van der Waals surface area (Å²) in [6.07, 6.45) is 3.69. The second kappa shape index (κ2) is 13.2. The van der Waals surface area contributed by atoms with Crippen LogP contribution in [0.2, 0.25) is 18.1 Å². The van der Waals surface area contributed by atoms with Crippen LogP contribution < -0.4 is 0 Å². The molecule has 0 aromatic carbocycles. The molecule has 0 aliphatic carbocycles. The van der Waals surface area contributed by atoms with Crippen LogP contribution in [0.4, 0.5) is 0 Å². The summed E-state index contributed by atoms with van der Waals surface area (Å²) in [5.74, 6) is 0. The number of methoxy groups -OCH3 is 3. The first kappa shape index (κ1) is 16.1. The minimum atomic E-state index is -0.569. The molecule has 0 N–H and O–H groups in total. The molecule has 0 aliphatic rings. The van der Waals surface area contributed by atoms with Gasteiger partial charge in [0, 0.05) is 49.9 Å². The summed E-state index contributed by atoms with van der Waals surface area (Å²) in [5.41, 5.74) is 0. The highest BCUT2D eigenvalue weighted by Crippen LogP contribution is 2.13. The van der Waals surface area contributed by atoms with Crippen molar-refractivity contribution in [3.8, 4) is 0 Å². The zero-order valence-corrected chi connectivity index (χ0v) is 12.3. The van der Waals surface area contributed by atoms with E-state index < -0.39 is 8.80 Å². The van der Waals surface area contributed by atoms with Gasteiger partial charge in [-0.05, 0) is 19.3 Å². The van der Waals surface area contributed by atoms with Crippen molar-refractivity contribution in [1.82, 2.24) is 0 Å². The second-order valence-electron chi connectivity index (χ2n) is 4.27. The lowest BCUT2D eigenvalue weighted by Crippen LogP contribution is -2.14. The number of ether oxygens (including phenoxy) is 3. The molecule has 0 saturated heterocycles. The Labute approximate surface area is 102 Å². The van der Waals surface area contributed by atoms with Crippen LogP contribution in [0.25, 0.3) is 0 Å². The van der Waals surface area contributed by atoms with Gasteiger partial charge in [-0.15, -0.1) is 0 Å². The molecule has 0 aliphatic heterocycles. The van der Waals surface area contributed by atoms with Gasteiger partial charge in [0.15, 0.2) is 0 Å². The van der Waals surface area contributed by atoms with E-state index in [1.807, 2.05) is 0 Å². The van der Waals surface area contributed by atoms with Gasteiger partial charge in [0.2, 0.25) is 0 Å². The number of hydrogen-bond donors (Lipinski definition) is 0. The van der Waals surface area contributed by atoms with Crippen molar-refractivity contribution in [2.45, 2.75) is 37.4 Å². The molecule has 0 aromatic rings. The highest BCUT2D eigenvalue weighted by atomic mass is 28.3. The Morgan fingerprint density at radius 3 is 1.19 bits per heavy atom. The van der Waals surface area contributed by atoms with Gasteiger partial charge in [-0.25, -0.2) is 0 Å². The van der Waals surface area contributed by atoms with Crippen LogP contribution in [0.15, 0.2) is 0 Å². The fourth-order valence-corrected chi connectivity index (χ4v) is 5.08. The van der Waals surface area contributed by atoms with Crippen LogP contribution in [0.5, 0.6) is 0 Å². The van der Waals surface area contributed by atoms with Crippen molar-refractivity contribution in [3.05, 3.63) is 0 Å². The Bertz CT molecular complexity index is 110. The molecule has 0 radical (unpaired) electrons. The maximum atomic E-state index is 5.12.